The molecule has 0 unspecified atom stereocenters. The van der Waals surface area contributed by atoms with Gasteiger partial charge in [0.05, 0.1) is 17.7 Å². The molecule has 1 saturated heterocycles. The van der Waals surface area contributed by atoms with Crippen LogP contribution in [-0.4, -0.2) is 41.8 Å². The second kappa shape index (κ2) is 6.35. The second-order valence-electron chi connectivity index (χ2n) is 5.65. The van der Waals surface area contributed by atoms with E-state index in [9.17, 15) is 23.1 Å². The lowest BCUT2D eigenvalue weighted by molar-refractivity contribution is -0.140. The highest BCUT2D eigenvalue weighted by Gasteiger charge is 2.42. The van der Waals surface area contributed by atoms with E-state index in [0.717, 1.165) is 12.3 Å². The molecule has 8 heteroatoms. The van der Waals surface area contributed by atoms with Crippen LogP contribution in [0.2, 0.25) is 0 Å². The van der Waals surface area contributed by atoms with Gasteiger partial charge in [0.2, 0.25) is 5.76 Å². The van der Waals surface area contributed by atoms with Crippen LogP contribution in [-0.2, 0) is 20.4 Å². The van der Waals surface area contributed by atoms with Crippen molar-refractivity contribution >= 4 is 5.91 Å². The average molecular weight is 343 g/mol. The van der Waals surface area contributed by atoms with Crippen molar-refractivity contribution < 1.29 is 32.5 Å². The zero-order chi connectivity index (χ0) is 17.3. The lowest BCUT2D eigenvalue weighted by atomic mass is 9.97. The minimum Gasteiger partial charge on any atom is -0.494 e. The second-order valence-corrected chi connectivity index (χ2v) is 5.65. The number of nitrogens with zero attached hydrogens (tertiary/aromatic N) is 1. The Morgan fingerprint density at radius 1 is 1.25 bits per heavy atom. The van der Waals surface area contributed by atoms with Gasteiger partial charge in [0.25, 0.3) is 5.91 Å². The molecule has 0 radical (unpaired) electrons. The topological polar surface area (TPSA) is 59.0 Å². The Labute approximate surface area is 136 Å². The number of rotatable bonds is 2. The number of hydrogen-bond donors (Lipinski definition) is 1. The lowest BCUT2D eigenvalue weighted by Crippen LogP contribution is -2.35. The maximum absolute atomic E-state index is 13.3. The number of amides is 1. The Kier molecular flexibility index (Phi) is 4.40. The number of likely N-dealkylation sites (tertiary alicyclic amines) is 1. The standard InChI is InChI=1S/C16H16F3NO4/c17-16(18,19)12-4-2-1-3-11(12)13-7-10(21)8-20(13)15(22)14-9-23-5-6-24-14/h1-4,9-10,13,21H,5-8H2/t10-,13-/m1/s1. The van der Waals surface area contributed by atoms with Crippen molar-refractivity contribution in [3.05, 3.63) is 47.4 Å². The van der Waals surface area contributed by atoms with Crippen LogP contribution in [0.4, 0.5) is 13.2 Å². The predicted molar refractivity (Wildman–Crippen MR) is 76.5 cm³/mol. The minimum absolute atomic E-state index is 0.0347. The summed E-state index contributed by atoms with van der Waals surface area (Å²) < 4.78 is 50.0. The molecule has 0 saturated carbocycles. The molecule has 0 aliphatic carbocycles. The van der Waals surface area contributed by atoms with Gasteiger partial charge in [0.1, 0.15) is 19.5 Å². The summed E-state index contributed by atoms with van der Waals surface area (Å²) in [6.07, 6.45) is -4.25. The molecule has 1 aromatic carbocycles. The van der Waals surface area contributed by atoms with Crippen molar-refractivity contribution in [1.29, 1.82) is 0 Å². The Bertz CT molecular complexity index is 659. The number of hydrogen-bond acceptors (Lipinski definition) is 4. The Morgan fingerprint density at radius 2 is 2.00 bits per heavy atom. The fourth-order valence-electron chi connectivity index (χ4n) is 3.00. The number of alkyl halides is 3. The summed E-state index contributed by atoms with van der Waals surface area (Å²) in [6.45, 7) is 0.438. The zero-order valence-electron chi connectivity index (χ0n) is 12.6. The molecule has 1 aromatic rings. The van der Waals surface area contributed by atoms with Crippen LogP contribution in [0.1, 0.15) is 23.6 Å². The van der Waals surface area contributed by atoms with E-state index in [0.29, 0.717) is 6.61 Å². The number of carbonyl (C=O) groups excluding carboxylic acids is 1. The van der Waals surface area contributed by atoms with Crippen molar-refractivity contribution in [2.45, 2.75) is 24.7 Å². The number of halogens is 3. The SMILES string of the molecule is O=C(C1=COCCO1)N1C[C@H](O)C[C@@H]1c1ccccc1C(F)(F)F. The molecule has 0 aromatic heterocycles. The molecule has 2 aliphatic heterocycles. The monoisotopic (exact) mass is 343 g/mol. The van der Waals surface area contributed by atoms with E-state index in [1.807, 2.05) is 0 Å². The van der Waals surface area contributed by atoms with Crippen LogP contribution in [0.15, 0.2) is 36.3 Å². The van der Waals surface area contributed by atoms with Gasteiger partial charge in [-0.05, 0) is 18.1 Å². The molecular formula is C16H16F3NO4. The molecule has 1 N–H and O–H groups in total. The van der Waals surface area contributed by atoms with E-state index >= 15 is 0 Å². The van der Waals surface area contributed by atoms with Crippen LogP contribution < -0.4 is 0 Å². The predicted octanol–water partition coefficient (Wildman–Crippen LogP) is 2.23. The fourth-order valence-corrected chi connectivity index (χ4v) is 3.00. The highest BCUT2D eigenvalue weighted by atomic mass is 19.4. The Hall–Kier alpha value is -2.22. The molecule has 24 heavy (non-hydrogen) atoms. The van der Waals surface area contributed by atoms with Crippen LogP contribution in [0.3, 0.4) is 0 Å². The summed E-state index contributed by atoms with van der Waals surface area (Å²) in [5, 5.41) is 9.91. The van der Waals surface area contributed by atoms with Gasteiger partial charge in [-0.3, -0.25) is 4.79 Å². The summed E-state index contributed by atoms with van der Waals surface area (Å²) in [4.78, 5) is 13.8. The molecule has 2 atom stereocenters. The van der Waals surface area contributed by atoms with E-state index < -0.39 is 29.8 Å². The first-order valence-electron chi connectivity index (χ1n) is 7.47. The minimum atomic E-state index is -4.54. The third-order valence-electron chi connectivity index (χ3n) is 4.02. The average Bonchev–Trinajstić information content (AvgIpc) is 2.96. The zero-order valence-corrected chi connectivity index (χ0v) is 12.6. The largest absolute Gasteiger partial charge is 0.494 e. The van der Waals surface area contributed by atoms with E-state index in [-0.39, 0.29) is 30.9 Å². The number of carbonyl (C=O) groups is 1. The third kappa shape index (κ3) is 3.19. The summed E-state index contributed by atoms with van der Waals surface area (Å²) in [7, 11) is 0. The van der Waals surface area contributed by atoms with Crippen molar-refractivity contribution in [1.82, 2.24) is 4.90 Å². The highest BCUT2D eigenvalue weighted by Crippen LogP contribution is 2.40. The third-order valence-corrected chi connectivity index (χ3v) is 4.02. The Morgan fingerprint density at radius 3 is 2.67 bits per heavy atom. The van der Waals surface area contributed by atoms with Gasteiger partial charge in [-0.25, -0.2) is 0 Å². The van der Waals surface area contributed by atoms with Gasteiger partial charge >= 0.3 is 6.18 Å². The van der Waals surface area contributed by atoms with Crippen LogP contribution in [0, 0.1) is 0 Å². The summed E-state index contributed by atoms with van der Waals surface area (Å²) in [5.41, 5.74) is -0.844. The molecule has 2 aliphatic rings. The molecule has 2 heterocycles. The summed E-state index contributed by atoms with van der Waals surface area (Å²) in [6, 6.07) is 4.21. The number of aliphatic hydroxyl groups excluding tert-OH is 1. The van der Waals surface area contributed by atoms with E-state index in [2.05, 4.69) is 0 Å². The van der Waals surface area contributed by atoms with Crippen molar-refractivity contribution in [2.75, 3.05) is 19.8 Å². The normalized spacial score (nSPS) is 24.2. The maximum atomic E-state index is 13.3. The summed E-state index contributed by atoms with van der Waals surface area (Å²) >= 11 is 0. The van der Waals surface area contributed by atoms with Crippen LogP contribution in [0.25, 0.3) is 0 Å². The van der Waals surface area contributed by atoms with Gasteiger partial charge < -0.3 is 19.5 Å². The van der Waals surface area contributed by atoms with E-state index in [4.69, 9.17) is 9.47 Å². The number of benzene rings is 1. The van der Waals surface area contributed by atoms with Gasteiger partial charge in [0, 0.05) is 6.54 Å². The molecule has 3 rings (SSSR count). The fraction of sp³-hybridized carbons (Fsp3) is 0.438. The molecular weight excluding hydrogens is 327 g/mol. The van der Waals surface area contributed by atoms with Gasteiger partial charge in [-0.2, -0.15) is 13.2 Å². The molecule has 0 bridgehead atoms. The molecule has 0 spiro atoms. The van der Waals surface area contributed by atoms with Crippen molar-refractivity contribution in [3.8, 4) is 0 Å². The lowest BCUT2D eigenvalue weighted by Gasteiger charge is -2.28. The van der Waals surface area contributed by atoms with E-state index in [1.54, 1.807) is 0 Å². The number of aliphatic hydroxyl groups is 1. The van der Waals surface area contributed by atoms with Gasteiger partial charge in [0.15, 0.2) is 0 Å². The molecule has 1 amide bonds. The number of β-amino-alcohol motifs (C(OH)–C–C–N with tert-alkyl or cyclic N) is 1. The highest BCUT2D eigenvalue weighted by molar-refractivity contribution is 5.92. The summed E-state index contributed by atoms with van der Waals surface area (Å²) in [5.74, 6) is -0.655. The first kappa shape index (κ1) is 16.6. The van der Waals surface area contributed by atoms with E-state index in [1.165, 1.54) is 23.1 Å². The smallest absolute Gasteiger partial charge is 0.416 e. The van der Waals surface area contributed by atoms with Gasteiger partial charge in [-0.15, -0.1) is 0 Å². The quantitative estimate of drug-likeness (QED) is 0.895. The first-order chi connectivity index (χ1) is 11.4. The molecule has 1 fully saturated rings. The first-order valence-corrected chi connectivity index (χ1v) is 7.47. The van der Waals surface area contributed by atoms with Crippen LogP contribution >= 0.6 is 0 Å². The van der Waals surface area contributed by atoms with Crippen molar-refractivity contribution in [3.63, 3.8) is 0 Å². The number of ether oxygens (including phenoxy) is 2. The van der Waals surface area contributed by atoms with Crippen molar-refractivity contribution in [2.24, 2.45) is 0 Å². The molecule has 130 valence electrons. The Balaban J connectivity index is 1.94. The maximum Gasteiger partial charge on any atom is 0.416 e. The molecule has 5 nitrogen and oxygen atoms in total. The van der Waals surface area contributed by atoms with Crippen LogP contribution in [0.5, 0.6) is 0 Å². The van der Waals surface area contributed by atoms with Gasteiger partial charge in [-0.1, -0.05) is 18.2 Å².